The van der Waals surface area contributed by atoms with Gasteiger partial charge in [-0.25, -0.2) is 9.78 Å². The highest BCUT2D eigenvalue weighted by Crippen LogP contribution is 2.31. The molecule has 2 rings (SSSR count). The van der Waals surface area contributed by atoms with Crippen LogP contribution in [0.3, 0.4) is 0 Å². The van der Waals surface area contributed by atoms with E-state index in [0.29, 0.717) is 16.4 Å². The van der Waals surface area contributed by atoms with Crippen LogP contribution in [0.4, 0.5) is 23.1 Å². The monoisotopic (exact) mass is 301 g/mol. The standard InChI is InChI=1S/C12H10F3N3OS/c1-16-10(19)18-11-17-9(6-20-11)7-2-4-8(5-3-7)12(13,14)15/h2-6H,1H3,(H2,16,17,18,19). The molecule has 1 heterocycles. The fraction of sp³-hybridized carbons (Fsp3) is 0.167. The molecule has 20 heavy (non-hydrogen) atoms. The van der Waals surface area contributed by atoms with E-state index in [1.165, 1.54) is 30.5 Å². The number of rotatable bonds is 2. The number of halogens is 3. The molecule has 1 aromatic heterocycles. The second-order valence-corrected chi connectivity index (χ2v) is 4.68. The van der Waals surface area contributed by atoms with Crippen LogP contribution in [0.1, 0.15) is 5.56 Å². The van der Waals surface area contributed by atoms with Crippen LogP contribution in [0.2, 0.25) is 0 Å². The number of aromatic nitrogens is 1. The number of nitrogens with zero attached hydrogens (tertiary/aromatic N) is 1. The first-order chi connectivity index (χ1) is 9.40. The normalized spacial score (nSPS) is 11.2. The molecule has 0 atom stereocenters. The summed E-state index contributed by atoms with van der Waals surface area (Å²) < 4.78 is 37.3. The summed E-state index contributed by atoms with van der Waals surface area (Å²) in [7, 11) is 1.47. The van der Waals surface area contributed by atoms with E-state index in [2.05, 4.69) is 15.6 Å². The highest BCUT2D eigenvalue weighted by atomic mass is 32.1. The molecule has 0 radical (unpaired) electrons. The molecule has 2 amide bonds. The van der Waals surface area contributed by atoms with Gasteiger partial charge in [-0.1, -0.05) is 12.1 Å². The first kappa shape index (κ1) is 14.3. The number of thiazole rings is 1. The minimum atomic E-state index is -4.35. The van der Waals surface area contributed by atoms with E-state index in [9.17, 15) is 18.0 Å². The van der Waals surface area contributed by atoms with Crippen molar-refractivity contribution in [3.8, 4) is 11.3 Å². The van der Waals surface area contributed by atoms with Gasteiger partial charge in [0.1, 0.15) is 0 Å². The third-order valence-electron chi connectivity index (χ3n) is 2.46. The van der Waals surface area contributed by atoms with Crippen molar-refractivity contribution in [2.24, 2.45) is 0 Å². The topological polar surface area (TPSA) is 54.0 Å². The number of alkyl halides is 3. The van der Waals surface area contributed by atoms with Crippen molar-refractivity contribution in [1.29, 1.82) is 0 Å². The van der Waals surface area contributed by atoms with Crippen molar-refractivity contribution in [1.82, 2.24) is 10.3 Å². The van der Waals surface area contributed by atoms with Gasteiger partial charge in [0, 0.05) is 18.0 Å². The van der Waals surface area contributed by atoms with Gasteiger partial charge in [-0.05, 0) is 12.1 Å². The number of hydrogen-bond donors (Lipinski definition) is 2. The molecule has 0 saturated heterocycles. The first-order valence-electron chi connectivity index (χ1n) is 5.52. The molecule has 2 N–H and O–H groups in total. The van der Waals surface area contributed by atoms with Gasteiger partial charge in [0.15, 0.2) is 5.13 Å². The number of carbonyl (C=O) groups excluding carboxylic acids is 1. The third kappa shape index (κ3) is 3.27. The summed E-state index contributed by atoms with van der Waals surface area (Å²) in [4.78, 5) is 15.2. The number of anilines is 1. The van der Waals surface area contributed by atoms with Crippen molar-refractivity contribution >= 4 is 22.5 Å². The van der Waals surface area contributed by atoms with Crippen molar-refractivity contribution in [3.63, 3.8) is 0 Å². The largest absolute Gasteiger partial charge is 0.416 e. The Morgan fingerprint density at radius 2 is 1.90 bits per heavy atom. The second kappa shape index (κ2) is 5.49. The average Bonchev–Trinajstić information content (AvgIpc) is 2.86. The third-order valence-corrected chi connectivity index (χ3v) is 3.22. The van der Waals surface area contributed by atoms with Crippen LogP contribution < -0.4 is 10.6 Å². The van der Waals surface area contributed by atoms with Crippen LogP contribution in [0.15, 0.2) is 29.6 Å². The Morgan fingerprint density at radius 1 is 1.25 bits per heavy atom. The minimum Gasteiger partial charge on any atom is -0.341 e. The number of carbonyl (C=O) groups is 1. The lowest BCUT2D eigenvalue weighted by Crippen LogP contribution is -2.24. The molecule has 2 aromatic rings. The number of hydrogen-bond acceptors (Lipinski definition) is 3. The molecule has 0 aliphatic rings. The minimum absolute atomic E-state index is 0.374. The van der Waals surface area contributed by atoms with Crippen molar-refractivity contribution in [2.45, 2.75) is 6.18 Å². The summed E-state index contributed by atoms with van der Waals surface area (Å²) in [6, 6.07) is 4.29. The summed E-state index contributed by atoms with van der Waals surface area (Å²) >= 11 is 1.19. The van der Waals surface area contributed by atoms with Crippen molar-refractivity contribution < 1.29 is 18.0 Å². The molecular weight excluding hydrogens is 291 g/mol. The molecule has 1 aromatic carbocycles. The van der Waals surface area contributed by atoms with E-state index in [1.54, 1.807) is 5.38 Å². The number of amides is 2. The predicted octanol–water partition coefficient (Wildman–Crippen LogP) is 3.58. The molecule has 106 valence electrons. The fourth-order valence-electron chi connectivity index (χ4n) is 1.45. The fourth-order valence-corrected chi connectivity index (χ4v) is 2.17. The van der Waals surface area contributed by atoms with Crippen LogP contribution in [0.5, 0.6) is 0 Å². The Hall–Kier alpha value is -2.09. The molecule has 8 heteroatoms. The number of benzene rings is 1. The Balaban J connectivity index is 2.18. The Morgan fingerprint density at radius 3 is 2.45 bits per heavy atom. The van der Waals surface area contributed by atoms with Crippen LogP contribution in [0.25, 0.3) is 11.3 Å². The van der Waals surface area contributed by atoms with E-state index in [1.807, 2.05) is 0 Å². The summed E-state index contributed by atoms with van der Waals surface area (Å²) in [6.07, 6.45) is -4.35. The van der Waals surface area contributed by atoms with Gasteiger partial charge in [-0.2, -0.15) is 13.2 Å². The molecule has 0 aliphatic carbocycles. The Labute approximate surface area is 116 Å². The van der Waals surface area contributed by atoms with E-state index in [-0.39, 0.29) is 0 Å². The summed E-state index contributed by atoms with van der Waals surface area (Å²) in [6.45, 7) is 0. The van der Waals surface area contributed by atoms with Crippen molar-refractivity contribution in [3.05, 3.63) is 35.2 Å². The van der Waals surface area contributed by atoms with Gasteiger partial charge in [0.05, 0.1) is 11.3 Å². The van der Waals surface area contributed by atoms with Gasteiger partial charge < -0.3 is 5.32 Å². The molecule has 0 aliphatic heterocycles. The molecule has 0 bridgehead atoms. The summed E-state index contributed by atoms with van der Waals surface area (Å²) in [5.41, 5.74) is 0.356. The quantitative estimate of drug-likeness (QED) is 0.890. The SMILES string of the molecule is CNC(=O)Nc1nc(-c2ccc(C(F)(F)F)cc2)cs1. The molecule has 4 nitrogen and oxygen atoms in total. The zero-order chi connectivity index (χ0) is 14.8. The average molecular weight is 301 g/mol. The van der Waals surface area contributed by atoms with Gasteiger partial charge in [0.2, 0.25) is 0 Å². The maximum atomic E-state index is 12.4. The Bertz CT molecular complexity index is 607. The van der Waals surface area contributed by atoms with Crippen LogP contribution in [-0.4, -0.2) is 18.1 Å². The zero-order valence-corrected chi connectivity index (χ0v) is 11.1. The number of nitrogens with one attached hydrogen (secondary N) is 2. The van der Waals surface area contributed by atoms with Gasteiger partial charge in [0.25, 0.3) is 0 Å². The molecule has 0 unspecified atom stereocenters. The van der Waals surface area contributed by atoms with Gasteiger partial charge in [-0.15, -0.1) is 11.3 Å². The maximum Gasteiger partial charge on any atom is 0.416 e. The van der Waals surface area contributed by atoms with Crippen LogP contribution in [-0.2, 0) is 6.18 Å². The van der Waals surface area contributed by atoms with Gasteiger partial charge in [-0.3, -0.25) is 5.32 Å². The molecule has 0 saturated carbocycles. The number of urea groups is 1. The van der Waals surface area contributed by atoms with E-state index < -0.39 is 17.8 Å². The van der Waals surface area contributed by atoms with Crippen LogP contribution in [0, 0.1) is 0 Å². The summed E-state index contributed by atoms with van der Waals surface area (Å²) in [5.74, 6) is 0. The predicted molar refractivity (Wildman–Crippen MR) is 70.6 cm³/mol. The molecule has 0 spiro atoms. The summed E-state index contributed by atoms with van der Waals surface area (Å²) in [5, 5.41) is 6.91. The lowest BCUT2D eigenvalue weighted by molar-refractivity contribution is -0.137. The maximum absolute atomic E-state index is 12.4. The zero-order valence-electron chi connectivity index (χ0n) is 10.3. The van der Waals surface area contributed by atoms with E-state index >= 15 is 0 Å². The van der Waals surface area contributed by atoms with E-state index in [0.717, 1.165) is 12.1 Å². The lowest BCUT2D eigenvalue weighted by atomic mass is 10.1. The second-order valence-electron chi connectivity index (χ2n) is 3.82. The first-order valence-corrected chi connectivity index (χ1v) is 6.40. The lowest BCUT2D eigenvalue weighted by Gasteiger charge is -2.06. The Kier molecular flexibility index (Phi) is 3.93. The van der Waals surface area contributed by atoms with Gasteiger partial charge >= 0.3 is 12.2 Å². The van der Waals surface area contributed by atoms with Crippen LogP contribution >= 0.6 is 11.3 Å². The smallest absolute Gasteiger partial charge is 0.341 e. The highest BCUT2D eigenvalue weighted by Gasteiger charge is 2.30. The van der Waals surface area contributed by atoms with Crippen molar-refractivity contribution in [2.75, 3.05) is 12.4 Å². The highest BCUT2D eigenvalue weighted by molar-refractivity contribution is 7.14. The molecular formula is C12H10F3N3OS. The molecule has 0 fully saturated rings. The van der Waals surface area contributed by atoms with E-state index in [4.69, 9.17) is 0 Å².